The lowest BCUT2D eigenvalue weighted by Crippen LogP contribution is -2.33. The quantitative estimate of drug-likeness (QED) is 0.874. The second kappa shape index (κ2) is 6.75. The van der Waals surface area contributed by atoms with Crippen molar-refractivity contribution in [1.29, 1.82) is 0 Å². The maximum Gasteiger partial charge on any atom is 0.271 e. The van der Waals surface area contributed by atoms with Crippen molar-refractivity contribution in [3.63, 3.8) is 0 Å². The van der Waals surface area contributed by atoms with E-state index in [4.69, 9.17) is 0 Å². The van der Waals surface area contributed by atoms with Crippen LogP contribution in [0, 0.1) is 0 Å². The molecule has 0 aliphatic carbocycles. The molecule has 1 unspecified atom stereocenters. The summed E-state index contributed by atoms with van der Waals surface area (Å²) in [6, 6.07) is 2.31. The highest BCUT2D eigenvalue weighted by atomic mass is 35.5. The average molecular weight is 273 g/mol. The Hall–Kier alpha value is -1.07. The maximum absolute atomic E-state index is 11.7. The number of carbonyl (C=O) groups is 1. The first-order valence-corrected chi connectivity index (χ1v) is 6.23. The summed E-state index contributed by atoms with van der Waals surface area (Å²) in [5.74, 6) is -0.0949. The molecule has 102 valence electrons. The molecule has 1 aliphatic heterocycles. The first-order valence-electron chi connectivity index (χ1n) is 6.23. The van der Waals surface area contributed by atoms with Crippen LogP contribution in [0.2, 0.25) is 0 Å². The van der Waals surface area contributed by atoms with Gasteiger partial charge < -0.3 is 10.6 Å². The number of hydrogen-bond acceptors (Lipinski definition) is 3. The molecule has 5 nitrogen and oxygen atoms in total. The number of aromatic nitrogens is 2. The number of hydrogen-bond donors (Lipinski definition) is 2. The summed E-state index contributed by atoms with van der Waals surface area (Å²) >= 11 is 0. The van der Waals surface area contributed by atoms with E-state index in [2.05, 4.69) is 15.7 Å². The van der Waals surface area contributed by atoms with Crippen molar-refractivity contribution < 1.29 is 4.79 Å². The molecule has 0 aromatic carbocycles. The molecule has 1 saturated heterocycles. The van der Waals surface area contributed by atoms with Crippen molar-refractivity contribution in [1.82, 2.24) is 20.4 Å². The monoisotopic (exact) mass is 272 g/mol. The Kier molecular flexibility index (Phi) is 5.62. The second-order valence-corrected chi connectivity index (χ2v) is 4.81. The van der Waals surface area contributed by atoms with Crippen LogP contribution in [0.15, 0.2) is 12.3 Å². The zero-order chi connectivity index (χ0) is 12.3. The molecule has 18 heavy (non-hydrogen) atoms. The lowest BCUT2D eigenvalue weighted by Gasteiger charge is -2.22. The molecular formula is C12H21ClN4O. The fourth-order valence-electron chi connectivity index (χ4n) is 2.06. The number of halogens is 1. The first-order chi connectivity index (χ1) is 8.16. The van der Waals surface area contributed by atoms with Crippen LogP contribution < -0.4 is 10.6 Å². The lowest BCUT2D eigenvalue weighted by molar-refractivity contribution is 0.0936. The molecule has 1 aromatic heterocycles. The molecule has 2 N–H and O–H groups in total. The van der Waals surface area contributed by atoms with Crippen molar-refractivity contribution >= 4 is 18.3 Å². The highest BCUT2D eigenvalue weighted by Gasteiger charge is 2.17. The molecule has 0 bridgehead atoms. The molecule has 6 heteroatoms. The zero-order valence-corrected chi connectivity index (χ0v) is 11.7. The van der Waals surface area contributed by atoms with Gasteiger partial charge in [-0.05, 0) is 39.3 Å². The first kappa shape index (κ1) is 15.0. The van der Waals surface area contributed by atoms with E-state index in [1.54, 1.807) is 6.07 Å². The van der Waals surface area contributed by atoms with Crippen molar-refractivity contribution in [2.45, 2.75) is 38.8 Å². The minimum Gasteiger partial charge on any atom is -0.348 e. The standard InChI is InChI=1S/C12H20N4O.ClH/c1-9(2)14-12(17)11-5-7-16(15-11)10-4-3-6-13-8-10;/h5,7,9-10,13H,3-4,6,8H2,1-2H3,(H,14,17);1H. The van der Waals surface area contributed by atoms with Crippen LogP contribution >= 0.6 is 12.4 Å². The summed E-state index contributed by atoms with van der Waals surface area (Å²) in [5.41, 5.74) is 0.504. The van der Waals surface area contributed by atoms with Crippen molar-refractivity contribution in [2.24, 2.45) is 0 Å². The predicted molar refractivity (Wildman–Crippen MR) is 73.2 cm³/mol. The molecule has 2 rings (SSSR count). The molecule has 1 atom stereocenters. The maximum atomic E-state index is 11.7. The Labute approximate surface area is 114 Å². The number of rotatable bonds is 3. The van der Waals surface area contributed by atoms with Gasteiger partial charge in [0.1, 0.15) is 5.69 Å². The third kappa shape index (κ3) is 3.71. The van der Waals surface area contributed by atoms with Crippen LogP contribution in [0.5, 0.6) is 0 Å². The molecule has 1 amide bonds. The average Bonchev–Trinajstić information content (AvgIpc) is 2.78. The Morgan fingerprint density at radius 3 is 3.00 bits per heavy atom. The SMILES string of the molecule is CC(C)NC(=O)c1ccn(C2CCCNC2)n1.Cl. The van der Waals surface area contributed by atoms with Gasteiger partial charge in [-0.2, -0.15) is 5.10 Å². The smallest absolute Gasteiger partial charge is 0.271 e. The van der Waals surface area contributed by atoms with Gasteiger partial charge in [0.25, 0.3) is 5.91 Å². The molecule has 0 spiro atoms. The van der Waals surface area contributed by atoms with Gasteiger partial charge in [-0.3, -0.25) is 9.48 Å². The number of carbonyl (C=O) groups excluding carboxylic acids is 1. The van der Waals surface area contributed by atoms with E-state index in [0.717, 1.165) is 25.9 Å². The van der Waals surface area contributed by atoms with Crippen LogP contribution in [0.4, 0.5) is 0 Å². The molecule has 1 aliphatic rings. The summed E-state index contributed by atoms with van der Waals surface area (Å²) in [6.07, 6.45) is 4.19. The van der Waals surface area contributed by atoms with E-state index in [1.165, 1.54) is 0 Å². The zero-order valence-electron chi connectivity index (χ0n) is 10.8. The van der Waals surface area contributed by atoms with Crippen LogP contribution in [0.1, 0.15) is 43.2 Å². The number of piperidine rings is 1. The highest BCUT2D eigenvalue weighted by molar-refractivity contribution is 5.92. The van der Waals surface area contributed by atoms with Gasteiger partial charge in [0.15, 0.2) is 0 Å². The van der Waals surface area contributed by atoms with E-state index in [9.17, 15) is 4.79 Å². The van der Waals surface area contributed by atoms with Gasteiger partial charge in [-0.1, -0.05) is 0 Å². The van der Waals surface area contributed by atoms with Crippen molar-refractivity contribution in [3.05, 3.63) is 18.0 Å². The van der Waals surface area contributed by atoms with Gasteiger partial charge in [-0.25, -0.2) is 0 Å². The molecule has 0 saturated carbocycles. The lowest BCUT2D eigenvalue weighted by atomic mass is 10.1. The van der Waals surface area contributed by atoms with Gasteiger partial charge in [0, 0.05) is 18.8 Å². The molecular weight excluding hydrogens is 252 g/mol. The Balaban J connectivity index is 0.00000162. The van der Waals surface area contributed by atoms with Crippen LogP contribution in [0.3, 0.4) is 0 Å². The second-order valence-electron chi connectivity index (χ2n) is 4.81. The van der Waals surface area contributed by atoms with Crippen LogP contribution in [0.25, 0.3) is 0 Å². The van der Waals surface area contributed by atoms with E-state index < -0.39 is 0 Å². The highest BCUT2D eigenvalue weighted by Crippen LogP contribution is 2.15. The van der Waals surface area contributed by atoms with E-state index in [-0.39, 0.29) is 24.4 Å². The van der Waals surface area contributed by atoms with Crippen molar-refractivity contribution in [2.75, 3.05) is 13.1 Å². The fraction of sp³-hybridized carbons (Fsp3) is 0.667. The van der Waals surface area contributed by atoms with Gasteiger partial charge >= 0.3 is 0 Å². The van der Waals surface area contributed by atoms with Crippen LogP contribution in [-0.4, -0.2) is 34.8 Å². The van der Waals surface area contributed by atoms with Gasteiger partial charge in [0.05, 0.1) is 6.04 Å². The summed E-state index contributed by atoms with van der Waals surface area (Å²) in [7, 11) is 0. The molecule has 2 heterocycles. The summed E-state index contributed by atoms with van der Waals surface area (Å²) < 4.78 is 1.90. The molecule has 1 aromatic rings. The topological polar surface area (TPSA) is 59.0 Å². The summed E-state index contributed by atoms with van der Waals surface area (Å²) in [6.45, 7) is 5.91. The number of nitrogens with zero attached hydrogens (tertiary/aromatic N) is 2. The summed E-state index contributed by atoms with van der Waals surface area (Å²) in [5, 5.41) is 10.5. The third-order valence-corrected chi connectivity index (χ3v) is 2.91. The fourth-order valence-corrected chi connectivity index (χ4v) is 2.06. The molecule has 0 radical (unpaired) electrons. The van der Waals surface area contributed by atoms with Gasteiger partial charge in [0.2, 0.25) is 0 Å². The van der Waals surface area contributed by atoms with Crippen LogP contribution in [-0.2, 0) is 0 Å². The predicted octanol–water partition coefficient (Wildman–Crippen LogP) is 1.37. The van der Waals surface area contributed by atoms with Crippen molar-refractivity contribution in [3.8, 4) is 0 Å². The number of nitrogens with one attached hydrogen (secondary N) is 2. The minimum absolute atomic E-state index is 0. The van der Waals surface area contributed by atoms with E-state index in [0.29, 0.717) is 11.7 Å². The normalized spacial score (nSPS) is 19.4. The van der Waals surface area contributed by atoms with E-state index in [1.807, 2.05) is 24.7 Å². The Morgan fingerprint density at radius 1 is 1.61 bits per heavy atom. The third-order valence-electron chi connectivity index (χ3n) is 2.91. The van der Waals surface area contributed by atoms with E-state index >= 15 is 0 Å². The Bertz CT molecular complexity index is 385. The largest absolute Gasteiger partial charge is 0.348 e. The Morgan fingerprint density at radius 2 is 2.39 bits per heavy atom. The van der Waals surface area contributed by atoms with Gasteiger partial charge in [-0.15, -0.1) is 12.4 Å². The summed E-state index contributed by atoms with van der Waals surface area (Å²) in [4.78, 5) is 11.7. The number of amides is 1. The minimum atomic E-state index is -0.0949. The molecule has 1 fully saturated rings.